The highest BCUT2D eigenvalue weighted by molar-refractivity contribution is 5.89. The Morgan fingerprint density at radius 2 is 1.11 bits per heavy atom. The maximum absolute atomic E-state index is 14.5. The van der Waals surface area contributed by atoms with Crippen molar-refractivity contribution in [3.63, 3.8) is 0 Å². The number of carbonyl (C=O) groups excluding carboxylic acids is 2. The van der Waals surface area contributed by atoms with E-state index in [1.165, 1.54) is 98.8 Å². The highest BCUT2D eigenvalue weighted by atomic mass is 16.8. The van der Waals surface area contributed by atoms with Crippen molar-refractivity contribution < 1.29 is 108 Å². The first-order chi connectivity index (χ1) is 35.3. The Morgan fingerprint density at radius 1 is 0.568 bits per heavy atom. The second-order valence-corrected chi connectivity index (χ2v) is 17.6. The molecule has 23 nitrogen and oxygen atoms in total. The first-order valence-electron chi connectivity index (χ1n) is 22.9. The third kappa shape index (κ3) is 11.8. The minimum atomic E-state index is -2.17. The van der Waals surface area contributed by atoms with Crippen LogP contribution in [0.1, 0.15) is 25.0 Å². The van der Waals surface area contributed by atoms with Crippen LogP contribution in [-0.2, 0) is 42.7 Å². The number of esters is 2. The van der Waals surface area contributed by atoms with Gasteiger partial charge >= 0.3 is 11.9 Å². The summed E-state index contributed by atoms with van der Waals surface area (Å²) in [6.07, 6.45) is -22.0. The Balaban J connectivity index is 1.16. The first kappa shape index (κ1) is 53.2. The van der Waals surface area contributed by atoms with Crippen LogP contribution in [0, 0.1) is 0 Å². The fourth-order valence-electron chi connectivity index (χ4n) is 8.33. The third-order valence-corrected chi connectivity index (χ3v) is 12.3. The van der Waals surface area contributed by atoms with Crippen LogP contribution in [0.3, 0.4) is 0 Å². The van der Waals surface area contributed by atoms with Crippen molar-refractivity contribution in [2.24, 2.45) is 0 Å². The smallest absolute Gasteiger partial charge is 0.331 e. The summed E-state index contributed by atoms with van der Waals surface area (Å²) in [5.41, 5.74) is -0.411. The van der Waals surface area contributed by atoms with E-state index in [4.69, 9.17) is 42.3 Å². The predicted octanol–water partition coefficient (Wildman–Crippen LogP) is 1.40. The quantitative estimate of drug-likeness (QED) is 0.0553. The van der Waals surface area contributed by atoms with E-state index < -0.39 is 144 Å². The van der Waals surface area contributed by atoms with Crippen LogP contribution in [0.2, 0.25) is 0 Å². The van der Waals surface area contributed by atoms with Gasteiger partial charge in [0, 0.05) is 29.8 Å². The van der Waals surface area contributed by atoms with Gasteiger partial charge in [-0.15, -0.1) is 0 Å². The van der Waals surface area contributed by atoms with Crippen molar-refractivity contribution in [2.75, 3.05) is 6.61 Å². The van der Waals surface area contributed by atoms with Crippen LogP contribution in [0.4, 0.5) is 0 Å². The summed E-state index contributed by atoms with van der Waals surface area (Å²) in [5.74, 6) is -4.73. The van der Waals surface area contributed by atoms with Crippen LogP contribution in [0.5, 0.6) is 34.5 Å². The number of aromatic hydroxyl groups is 5. The Kier molecular flexibility index (Phi) is 16.2. The topological polar surface area (TPSA) is 361 Å². The second kappa shape index (κ2) is 22.6. The number of phenolic OH excluding ortho intramolecular Hbond substituents is 5. The molecule has 3 aliphatic heterocycles. The van der Waals surface area contributed by atoms with Crippen molar-refractivity contribution in [3.8, 4) is 45.8 Å². The van der Waals surface area contributed by atoms with Gasteiger partial charge in [0.25, 0.3) is 0 Å². The fourth-order valence-corrected chi connectivity index (χ4v) is 8.33. The van der Waals surface area contributed by atoms with Crippen molar-refractivity contribution in [3.05, 3.63) is 118 Å². The number of ether oxygens (including phenoxy) is 8. The Bertz CT molecular complexity index is 2890. The Hall–Kier alpha value is -7.13. The van der Waals surface area contributed by atoms with E-state index in [0.717, 1.165) is 24.3 Å². The summed E-state index contributed by atoms with van der Waals surface area (Å²) in [7, 11) is 0. The van der Waals surface area contributed by atoms with Gasteiger partial charge in [0.15, 0.2) is 36.7 Å². The van der Waals surface area contributed by atoms with Gasteiger partial charge < -0.3 is 98.5 Å². The number of phenols is 5. The van der Waals surface area contributed by atoms with Gasteiger partial charge in [0.2, 0.25) is 17.5 Å². The molecule has 1 aromatic heterocycles. The molecule has 4 heterocycles. The molecule has 0 radical (unpaired) electrons. The van der Waals surface area contributed by atoms with E-state index in [2.05, 4.69) is 0 Å². The highest BCUT2D eigenvalue weighted by Gasteiger charge is 2.54. The van der Waals surface area contributed by atoms with E-state index >= 15 is 0 Å². The fraction of sp³-hybridized carbons (Fsp3) is 0.353. The number of aliphatic hydroxyl groups is 6. The number of carbonyl (C=O) groups is 2. The number of hydrogen-bond acceptors (Lipinski definition) is 23. The number of fused-ring (bicyclic) bond motifs is 1. The van der Waals surface area contributed by atoms with Gasteiger partial charge in [0.05, 0.1) is 18.8 Å². The lowest BCUT2D eigenvalue weighted by molar-refractivity contribution is -0.360. The van der Waals surface area contributed by atoms with Crippen LogP contribution in [-0.4, -0.2) is 167 Å². The first-order valence-corrected chi connectivity index (χ1v) is 22.9. The summed E-state index contributed by atoms with van der Waals surface area (Å²) in [6.45, 7) is 1.96. The molecule has 23 heteroatoms. The summed E-state index contributed by atoms with van der Waals surface area (Å²) in [6, 6.07) is 18.5. The van der Waals surface area contributed by atoms with E-state index in [1.807, 2.05) is 0 Å². The third-order valence-electron chi connectivity index (χ3n) is 12.3. The van der Waals surface area contributed by atoms with Crippen molar-refractivity contribution in [1.29, 1.82) is 0 Å². The molecule has 394 valence electrons. The van der Waals surface area contributed by atoms with E-state index in [-0.39, 0.29) is 28.4 Å². The summed E-state index contributed by atoms with van der Waals surface area (Å²) in [5, 5.41) is 117. The van der Waals surface area contributed by atoms with Gasteiger partial charge in [-0.25, -0.2) is 9.59 Å². The van der Waals surface area contributed by atoms with E-state index in [0.29, 0.717) is 11.1 Å². The van der Waals surface area contributed by atoms with Crippen LogP contribution in [0.25, 0.3) is 34.4 Å². The van der Waals surface area contributed by atoms with Crippen molar-refractivity contribution >= 4 is 35.1 Å². The average Bonchev–Trinajstić information content (AvgIpc) is 3.36. The lowest BCUT2D eigenvalue weighted by atomic mass is 9.97. The summed E-state index contributed by atoms with van der Waals surface area (Å²) < 4.78 is 53.4. The van der Waals surface area contributed by atoms with Crippen LogP contribution < -0.4 is 10.2 Å². The Labute approximate surface area is 419 Å². The second-order valence-electron chi connectivity index (χ2n) is 17.6. The maximum atomic E-state index is 14.5. The molecule has 3 aliphatic rings. The largest absolute Gasteiger partial charge is 0.508 e. The SMILES string of the molecule is C[C@@H]1O[C@H](OC[C@@H]2O[C@@H](Oc3c(-c4ccc(O)cc4)oc4cc(O)cc(O)c4c3=O)[C@@H](O[C@@H]3O[C@@H](C)[C@H](OC(=O)C=Cc4ccc(O)cc4)[C@@H](O)[C@H]3O)[C@H](O)[C@@H]2OC(=O)C=Cc2ccc(O)cc2)[C@@H](O)[C@@H](O)[C@H]1O. The van der Waals surface area contributed by atoms with Gasteiger partial charge in [-0.2, -0.15) is 0 Å². The van der Waals surface area contributed by atoms with Gasteiger partial charge in [0.1, 0.15) is 82.4 Å². The van der Waals surface area contributed by atoms with Gasteiger partial charge in [-0.05, 0) is 85.7 Å². The molecule has 0 unspecified atom stereocenters. The molecule has 0 aliphatic carbocycles. The highest BCUT2D eigenvalue weighted by Crippen LogP contribution is 2.39. The lowest BCUT2D eigenvalue weighted by Gasteiger charge is -2.47. The number of aliphatic hydroxyl groups excluding tert-OH is 6. The predicted molar refractivity (Wildman–Crippen MR) is 252 cm³/mol. The minimum Gasteiger partial charge on any atom is -0.508 e. The Morgan fingerprint density at radius 3 is 1.70 bits per heavy atom. The van der Waals surface area contributed by atoms with Crippen LogP contribution >= 0.6 is 0 Å². The zero-order valence-corrected chi connectivity index (χ0v) is 39.1. The summed E-state index contributed by atoms with van der Waals surface area (Å²) in [4.78, 5) is 41.1. The van der Waals surface area contributed by atoms with Gasteiger partial charge in [-0.1, -0.05) is 24.3 Å². The van der Waals surface area contributed by atoms with Crippen LogP contribution in [0.15, 0.2) is 106 Å². The molecule has 3 fully saturated rings. The normalized spacial score (nSPS) is 30.4. The number of hydrogen-bond donors (Lipinski definition) is 11. The maximum Gasteiger partial charge on any atom is 0.331 e. The summed E-state index contributed by atoms with van der Waals surface area (Å²) >= 11 is 0. The molecule has 15 atom stereocenters. The molecule has 0 spiro atoms. The molecule has 5 aromatic rings. The van der Waals surface area contributed by atoms with E-state index in [9.17, 15) is 70.6 Å². The molecule has 0 saturated carbocycles. The lowest BCUT2D eigenvalue weighted by Crippen LogP contribution is -2.66. The molecule has 74 heavy (non-hydrogen) atoms. The standard InChI is InChI=1S/C51H52O23/c1-22-37(59)39(61)41(63)49(67-22)66-21-33-46(72-35(58)18-8-25-5-13-28(53)14-6-25)43(65)48(74-50-42(64)40(62)44(23(2)68-50)71-34(57)17-7-24-3-11-27(52)12-4-24)51(70-33)73-47-38(60)36-31(56)19-30(55)20-32(36)69-45(47)26-9-15-29(54)16-10-26/h3-20,22-23,33,37,39-44,46,48-56,59,61-65H,21H2,1-2H3/t22-,23-,33-,37-,39-,40-,41-,42+,43+,44-,46+,48-,49-,50-,51-/m0/s1. The molecular formula is C51H52O23. The average molecular weight is 1030 g/mol. The number of benzene rings is 4. The van der Waals surface area contributed by atoms with Crippen molar-refractivity contribution in [1.82, 2.24) is 0 Å². The zero-order chi connectivity index (χ0) is 53.1. The van der Waals surface area contributed by atoms with E-state index in [1.54, 1.807) is 0 Å². The molecule has 11 N–H and O–H groups in total. The molecule has 4 aromatic carbocycles. The molecule has 8 rings (SSSR count). The molecule has 0 bridgehead atoms. The molecule has 3 saturated heterocycles. The van der Waals surface area contributed by atoms with Crippen molar-refractivity contribution in [2.45, 2.75) is 106 Å². The monoisotopic (exact) mass is 1030 g/mol. The van der Waals surface area contributed by atoms with Gasteiger partial charge in [-0.3, -0.25) is 4.79 Å². The zero-order valence-electron chi connectivity index (χ0n) is 39.1. The minimum absolute atomic E-state index is 0.00854. The number of rotatable bonds is 14. The molecule has 0 amide bonds. The molecular weight excluding hydrogens is 981 g/mol.